The molecule has 74 valence electrons. The quantitative estimate of drug-likeness (QED) is 0.759. The third-order valence-corrected chi connectivity index (χ3v) is 3.17. The number of benzene rings is 1. The summed E-state index contributed by atoms with van der Waals surface area (Å²) >= 11 is 1.65. The fourth-order valence-electron chi connectivity index (χ4n) is 1.33. The first-order valence-electron chi connectivity index (χ1n) is 4.64. The van der Waals surface area contributed by atoms with Crippen LogP contribution in [0, 0.1) is 0 Å². The second-order valence-corrected chi connectivity index (χ2v) is 4.44. The Kier molecular flexibility index (Phi) is 2.79. The van der Waals surface area contributed by atoms with E-state index in [1.807, 2.05) is 12.1 Å². The normalized spacial score (nSPS) is 13.3. The van der Waals surface area contributed by atoms with Crippen LogP contribution in [0.2, 0.25) is 0 Å². The molecule has 0 aliphatic heterocycles. The van der Waals surface area contributed by atoms with Crippen molar-refractivity contribution in [2.24, 2.45) is 0 Å². The Bertz CT molecular complexity index is 389. The first kappa shape index (κ1) is 9.62. The standard InChI is InChI=1S/C11H13NOS/c1-8(13)7-14-11-6-9-4-2-3-5-10(9)12-11/h2-6,8,12-13H,7H2,1H3. The number of aliphatic hydroxyl groups is 1. The summed E-state index contributed by atoms with van der Waals surface area (Å²) < 4.78 is 0. The maximum absolute atomic E-state index is 9.15. The molecule has 1 unspecified atom stereocenters. The van der Waals surface area contributed by atoms with Crippen LogP contribution in [0.4, 0.5) is 0 Å². The Morgan fingerprint density at radius 2 is 2.21 bits per heavy atom. The lowest BCUT2D eigenvalue weighted by Gasteiger charge is -2.00. The molecule has 0 aliphatic carbocycles. The molecule has 0 bridgehead atoms. The van der Waals surface area contributed by atoms with Crippen molar-refractivity contribution in [2.45, 2.75) is 18.1 Å². The molecule has 3 heteroatoms. The fraction of sp³-hybridized carbons (Fsp3) is 0.273. The second kappa shape index (κ2) is 4.07. The van der Waals surface area contributed by atoms with E-state index >= 15 is 0 Å². The molecule has 1 atom stereocenters. The Labute approximate surface area is 87.3 Å². The van der Waals surface area contributed by atoms with Gasteiger partial charge in [-0.3, -0.25) is 0 Å². The van der Waals surface area contributed by atoms with Crippen molar-refractivity contribution in [3.8, 4) is 0 Å². The molecule has 2 aromatic rings. The molecule has 0 fully saturated rings. The lowest BCUT2D eigenvalue weighted by molar-refractivity contribution is 0.220. The minimum Gasteiger partial charge on any atom is -0.393 e. The summed E-state index contributed by atoms with van der Waals surface area (Å²) in [6.45, 7) is 1.80. The molecule has 14 heavy (non-hydrogen) atoms. The summed E-state index contributed by atoms with van der Waals surface area (Å²) in [5, 5.41) is 11.5. The van der Waals surface area contributed by atoms with Gasteiger partial charge in [0.25, 0.3) is 0 Å². The van der Waals surface area contributed by atoms with E-state index in [4.69, 9.17) is 5.11 Å². The van der Waals surface area contributed by atoms with Gasteiger partial charge in [0.05, 0.1) is 11.1 Å². The van der Waals surface area contributed by atoms with Gasteiger partial charge in [-0.05, 0) is 19.1 Å². The highest BCUT2D eigenvalue weighted by Gasteiger charge is 2.02. The van der Waals surface area contributed by atoms with Gasteiger partial charge in [0.15, 0.2) is 0 Å². The summed E-state index contributed by atoms with van der Waals surface area (Å²) in [6.07, 6.45) is -0.258. The summed E-state index contributed by atoms with van der Waals surface area (Å²) in [4.78, 5) is 3.30. The van der Waals surface area contributed by atoms with Gasteiger partial charge in [-0.15, -0.1) is 11.8 Å². The van der Waals surface area contributed by atoms with Crippen molar-refractivity contribution in [1.82, 2.24) is 4.98 Å². The molecule has 2 nitrogen and oxygen atoms in total. The van der Waals surface area contributed by atoms with Crippen LogP contribution in [0.15, 0.2) is 35.4 Å². The molecule has 2 N–H and O–H groups in total. The van der Waals surface area contributed by atoms with E-state index in [0.717, 1.165) is 16.3 Å². The van der Waals surface area contributed by atoms with Crippen LogP contribution < -0.4 is 0 Å². The number of aromatic amines is 1. The molecule has 0 spiro atoms. The summed E-state index contributed by atoms with van der Waals surface area (Å²) in [6, 6.07) is 10.3. The SMILES string of the molecule is CC(O)CSc1cc2ccccc2[nH]1. The van der Waals surface area contributed by atoms with Gasteiger partial charge in [0.1, 0.15) is 0 Å². The van der Waals surface area contributed by atoms with Crippen molar-refractivity contribution in [3.63, 3.8) is 0 Å². The Balaban J connectivity index is 2.19. The maximum Gasteiger partial charge on any atom is 0.0733 e. The number of H-pyrrole nitrogens is 1. The number of rotatable bonds is 3. The van der Waals surface area contributed by atoms with Gasteiger partial charge in [-0.1, -0.05) is 18.2 Å². The highest BCUT2D eigenvalue weighted by atomic mass is 32.2. The zero-order valence-corrected chi connectivity index (χ0v) is 8.84. The Morgan fingerprint density at radius 3 is 2.93 bits per heavy atom. The molecule has 0 aliphatic rings. The van der Waals surface area contributed by atoms with Crippen LogP contribution in [0.3, 0.4) is 0 Å². The topological polar surface area (TPSA) is 36.0 Å². The first-order chi connectivity index (χ1) is 6.75. The predicted molar refractivity (Wildman–Crippen MR) is 60.7 cm³/mol. The molecule has 0 saturated carbocycles. The largest absolute Gasteiger partial charge is 0.393 e. The number of hydrogen-bond donors (Lipinski definition) is 2. The number of aliphatic hydroxyl groups excluding tert-OH is 1. The zero-order valence-electron chi connectivity index (χ0n) is 8.03. The van der Waals surface area contributed by atoms with E-state index in [2.05, 4.69) is 23.2 Å². The Hall–Kier alpha value is -0.930. The predicted octanol–water partition coefficient (Wildman–Crippen LogP) is 2.64. The number of fused-ring (bicyclic) bond motifs is 1. The summed E-state index contributed by atoms with van der Waals surface area (Å²) in [5.74, 6) is 0.729. The van der Waals surface area contributed by atoms with Crippen molar-refractivity contribution < 1.29 is 5.11 Å². The van der Waals surface area contributed by atoms with Crippen molar-refractivity contribution >= 4 is 22.7 Å². The van der Waals surface area contributed by atoms with E-state index in [1.165, 1.54) is 5.39 Å². The second-order valence-electron chi connectivity index (χ2n) is 3.38. The van der Waals surface area contributed by atoms with Gasteiger partial charge in [0.2, 0.25) is 0 Å². The lowest BCUT2D eigenvalue weighted by atomic mass is 10.3. The monoisotopic (exact) mass is 207 g/mol. The third kappa shape index (κ3) is 2.11. The number of hydrogen-bond acceptors (Lipinski definition) is 2. The van der Waals surface area contributed by atoms with Gasteiger partial charge in [0, 0.05) is 16.7 Å². The summed E-state index contributed by atoms with van der Waals surface area (Å²) in [5.41, 5.74) is 1.15. The molecule has 2 rings (SSSR count). The smallest absolute Gasteiger partial charge is 0.0733 e. The molecular formula is C11H13NOS. The molecule has 1 heterocycles. The van der Waals surface area contributed by atoms with Crippen LogP contribution in [0.1, 0.15) is 6.92 Å². The highest BCUT2D eigenvalue weighted by molar-refractivity contribution is 7.99. The highest BCUT2D eigenvalue weighted by Crippen LogP contribution is 2.23. The molecular weight excluding hydrogens is 194 g/mol. The number of nitrogens with one attached hydrogen (secondary N) is 1. The number of aromatic nitrogens is 1. The number of thioether (sulfide) groups is 1. The minimum absolute atomic E-state index is 0.258. The average molecular weight is 207 g/mol. The fourth-order valence-corrected chi connectivity index (χ4v) is 2.15. The third-order valence-electron chi connectivity index (χ3n) is 1.99. The molecule has 1 aromatic heterocycles. The van der Waals surface area contributed by atoms with Gasteiger partial charge in [-0.25, -0.2) is 0 Å². The van der Waals surface area contributed by atoms with E-state index in [9.17, 15) is 0 Å². The molecule has 0 amide bonds. The van der Waals surface area contributed by atoms with Crippen LogP contribution in [-0.4, -0.2) is 21.9 Å². The minimum atomic E-state index is -0.258. The van der Waals surface area contributed by atoms with Crippen molar-refractivity contribution in [2.75, 3.05) is 5.75 Å². The van der Waals surface area contributed by atoms with E-state index in [0.29, 0.717) is 0 Å². The van der Waals surface area contributed by atoms with Crippen LogP contribution in [0.25, 0.3) is 10.9 Å². The molecule has 0 radical (unpaired) electrons. The van der Waals surface area contributed by atoms with Crippen LogP contribution in [0.5, 0.6) is 0 Å². The maximum atomic E-state index is 9.15. The van der Waals surface area contributed by atoms with Crippen molar-refractivity contribution in [3.05, 3.63) is 30.3 Å². The van der Waals surface area contributed by atoms with Crippen molar-refractivity contribution in [1.29, 1.82) is 0 Å². The van der Waals surface area contributed by atoms with Gasteiger partial charge in [-0.2, -0.15) is 0 Å². The first-order valence-corrected chi connectivity index (χ1v) is 5.63. The van der Waals surface area contributed by atoms with E-state index < -0.39 is 0 Å². The summed E-state index contributed by atoms with van der Waals surface area (Å²) in [7, 11) is 0. The van der Waals surface area contributed by atoms with E-state index in [-0.39, 0.29) is 6.10 Å². The molecule has 1 aromatic carbocycles. The average Bonchev–Trinajstić information content (AvgIpc) is 2.57. The van der Waals surface area contributed by atoms with E-state index in [1.54, 1.807) is 18.7 Å². The van der Waals surface area contributed by atoms with Gasteiger partial charge < -0.3 is 10.1 Å². The lowest BCUT2D eigenvalue weighted by Crippen LogP contribution is -2.02. The van der Waals surface area contributed by atoms with Gasteiger partial charge >= 0.3 is 0 Å². The zero-order chi connectivity index (χ0) is 9.97. The number of para-hydroxylation sites is 1. The molecule has 0 saturated heterocycles. The van der Waals surface area contributed by atoms with Crippen LogP contribution >= 0.6 is 11.8 Å². The van der Waals surface area contributed by atoms with Crippen LogP contribution in [-0.2, 0) is 0 Å². The Morgan fingerprint density at radius 1 is 1.43 bits per heavy atom.